The minimum atomic E-state index is -0.300. The number of carbonyl (C=O) groups is 2. The SMILES string of the molecule is CC1Cc2c(cccc2NC(=O)c2ccncc2Cl)CN1C(=O)c1ccncc1Cl. The van der Waals surface area contributed by atoms with E-state index in [0.717, 1.165) is 11.1 Å². The van der Waals surface area contributed by atoms with Gasteiger partial charge in [0, 0.05) is 43.1 Å². The molecule has 0 saturated carbocycles. The van der Waals surface area contributed by atoms with Crippen molar-refractivity contribution in [1.82, 2.24) is 14.9 Å². The molecule has 0 spiro atoms. The predicted molar refractivity (Wildman–Crippen MR) is 116 cm³/mol. The van der Waals surface area contributed by atoms with Crippen LogP contribution in [0.25, 0.3) is 0 Å². The van der Waals surface area contributed by atoms with E-state index in [-0.39, 0.29) is 17.9 Å². The molecule has 8 heteroatoms. The Morgan fingerprint density at radius 3 is 2.37 bits per heavy atom. The summed E-state index contributed by atoms with van der Waals surface area (Å²) in [4.78, 5) is 35.4. The highest BCUT2D eigenvalue weighted by Crippen LogP contribution is 2.31. The molecule has 0 aliphatic carbocycles. The number of hydrogen-bond acceptors (Lipinski definition) is 4. The molecule has 0 bridgehead atoms. The molecule has 2 aromatic heterocycles. The van der Waals surface area contributed by atoms with E-state index in [1.165, 1.54) is 18.6 Å². The number of aromatic nitrogens is 2. The van der Waals surface area contributed by atoms with Crippen molar-refractivity contribution in [2.45, 2.75) is 25.9 Å². The molecule has 1 aromatic carbocycles. The number of nitrogens with one attached hydrogen (secondary N) is 1. The van der Waals surface area contributed by atoms with Gasteiger partial charge in [0.2, 0.25) is 0 Å². The Morgan fingerprint density at radius 2 is 1.70 bits per heavy atom. The van der Waals surface area contributed by atoms with Gasteiger partial charge in [-0.15, -0.1) is 0 Å². The monoisotopic (exact) mass is 440 g/mol. The van der Waals surface area contributed by atoms with Crippen LogP contribution in [0.2, 0.25) is 10.0 Å². The van der Waals surface area contributed by atoms with Crippen molar-refractivity contribution in [3.8, 4) is 0 Å². The summed E-state index contributed by atoms with van der Waals surface area (Å²) in [5.74, 6) is -0.441. The fourth-order valence-electron chi connectivity index (χ4n) is 3.61. The first-order valence-corrected chi connectivity index (χ1v) is 10.1. The standard InChI is InChI=1S/C22H18Cl2N4O2/c1-13-9-17-14(12-28(13)22(30)16-6-8-26-11-19(16)24)3-2-4-20(17)27-21(29)15-5-7-25-10-18(15)23/h2-8,10-11,13H,9,12H2,1H3,(H,27,29). The maximum Gasteiger partial charge on any atom is 0.257 e. The normalized spacial score (nSPS) is 15.4. The molecule has 6 nitrogen and oxygen atoms in total. The second-order valence-corrected chi connectivity index (χ2v) is 7.91. The molecule has 4 rings (SSSR count). The number of fused-ring (bicyclic) bond motifs is 1. The smallest absolute Gasteiger partial charge is 0.257 e. The summed E-state index contributed by atoms with van der Waals surface area (Å²) < 4.78 is 0. The molecule has 1 aliphatic rings. The number of pyridine rings is 2. The van der Waals surface area contributed by atoms with Crippen LogP contribution in [0.5, 0.6) is 0 Å². The molecule has 0 radical (unpaired) electrons. The van der Waals surface area contributed by atoms with Crippen molar-refractivity contribution in [2.75, 3.05) is 5.32 Å². The average Bonchev–Trinajstić information content (AvgIpc) is 2.74. The van der Waals surface area contributed by atoms with Crippen molar-refractivity contribution in [3.05, 3.63) is 87.4 Å². The first kappa shape index (κ1) is 20.3. The van der Waals surface area contributed by atoms with Crippen molar-refractivity contribution in [2.24, 2.45) is 0 Å². The molecule has 0 fully saturated rings. The third kappa shape index (κ3) is 3.88. The fourth-order valence-corrected chi connectivity index (χ4v) is 4.02. The summed E-state index contributed by atoms with van der Waals surface area (Å²) >= 11 is 12.3. The van der Waals surface area contributed by atoms with Crippen molar-refractivity contribution in [1.29, 1.82) is 0 Å². The van der Waals surface area contributed by atoms with Crippen LogP contribution in [0.1, 0.15) is 38.8 Å². The Hall–Kier alpha value is -2.96. The van der Waals surface area contributed by atoms with Crippen LogP contribution in [0.4, 0.5) is 5.69 Å². The molecule has 2 amide bonds. The number of rotatable bonds is 3. The summed E-state index contributed by atoms with van der Waals surface area (Å²) in [6.45, 7) is 2.40. The summed E-state index contributed by atoms with van der Waals surface area (Å²) in [6, 6.07) is 8.81. The minimum absolute atomic E-state index is 0.0724. The van der Waals surface area contributed by atoms with Gasteiger partial charge in [-0.05, 0) is 42.7 Å². The van der Waals surface area contributed by atoms with Crippen LogP contribution in [0.15, 0.2) is 55.1 Å². The Morgan fingerprint density at radius 1 is 1.03 bits per heavy atom. The van der Waals surface area contributed by atoms with Crippen LogP contribution in [-0.4, -0.2) is 32.7 Å². The predicted octanol–water partition coefficient (Wildman–Crippen LogP) is 4.62. The van der Waals surface area contributed by atoms with E-state index in [2.05, 4.69) is 15.3 Å². The molecule has 1 atom stereocenters. The number of amides is 2. The molecular weight excluding hydrogens is 423 g/mol. The Labute approximate surface area is 183 Å². The van der Waals surface area contributed by atoms with Crippen molar-refractivity contribution in [3.63, 3.8) is 0 Å². The van der Waals surface area contributed by atoms with Crippen LogP contribution < -0.4 is 5.32 Å². The largest absolute Gasteiger partial charge is 0.331 e. The number of anilines is 1. The summed E-state index contributed by atoms with van der Waals surface area (Å²) in [5, 5.41) is 3.57. The third-order valence-electron chi connectivity index (χ3n) is 5.17. The summed E-state index contributed by atoms with van der Waals surface area (Å²) in [7, 11) is 0. The molecule has 1 unspecified atom stereocenters. The van der Waals surface area contributed by atoms with Gasteiger partial charge in [-0.2, -0.15) is 0 Å². The van der Waals surface area contributed by atoms with Crippen LogP contribution >= 0.6 is 23.2 Å². The summed E-state index contributed by atoms with van der Waals surface area (Å²) in [5.41, 5.74) is 3.49. The lowest BCUT2D eigenvalue weighted by molar-refractivity contribution is 0.0658. The quantitative estimate of drug-likeness (QED) is 0.644. The van der Waals surface area contributed by atoms with E-state index >= 15 is 0 Å². The Kier molecular flexibility index (Phi) is 5.70. The van der Waals surface area contributed by atoms with Gasteiger partial charge in [-0.3, -0.25) is 19.6 Å². The van der Waals surface area contributed by atoms with Gasteiger partial charge < -0.3 is 10.2 Å². The first-order valence-electron chi connectivity index (χ1n) is 9.38. The topological polar surface area (TPSA) is 75.2 Å². The lowest BCUT2D eigenvalue weighted by Gasteiger charge is -2.36. The highest BCUT2D eigenvalue weighted by molar-refractivity contribution is 6.34. The van der Waals surface area contributed by atoms with E-state index in [0.29, 0.717) is 39.8 Å². The van der Waals surface area contributed by atoms with Crippen molar-refractivity contribution < 1.29 is 9.59 Å². The van der Waals surface area contributed by atoms with Gasteiger partial charge in [-0.1, -0.05) is 35.3 Å². The van der Waals surface area contributed by atoms with Gasteiger partial charge >= 0.3 is 0 Å². The number of nitrogens with zero attached hydrogens (tertiary/aromatic N) is 3. The van der Waals surface area contributed by atoms with Crippen LogP contribution in [0.3, 0.4) is 0 Å². The third-order valence-corrected chi connectivity index (χ3v) is 5.78. The Balaban J connectivity index is 1.60. The van der Waals surface area contributed by atoms with E-state index in [1.54, 1.807) is 23.2 Å². The molecule has 1 N–H and O–H groups in total. The fraction of sp³-hybridized carbons (Fsp3) is 0.182. The number of carbonyl (C=O) groups excluding carboxylic acids is 2. The molecular formula is C22H18Cl2N4O2. The number of halogens is 2. The molecule has 3 aromatic rings. The van der Waals surface area contributed by atoms with Gasteiger partial charge in [0.25, 0.3) is 11.8 Å². The van der Waals surface area contributed by atoms with Gasteiger partial charge in [-0.25, -0.2) is 0 Å². The Bertz CT molecular complexity index is 1140. The molecule has 30 heavy (non-hydrogen) atoms. The molecule has 152 valence electrons. The van der Waals surface area contributed by atoms with E-state index < -0.39 is 0 Å². The zero-order chi connectivity index (χ0) is 21.3. The molecule has 0 saturated heterocycles. The lowest BCUT2D eigenvalue weighted by atomic mass is 9.92. The average molecular weight is 441 g/mol. The molecule has 1 aliphatic heterocycles. The second-order valence-electron chi connectivity index (χ2n) is 7.09. The van der Waals surface area contributed by atoms with Gasteiger partial charge in [0.1, 0.15) is 0 Å². The van der Waals surface area contributed by atoms with Crippen LogP contribution in [-0.2, 0) is 13.0 Å². The zero-order valence-corrected chi connectivity index (χ0v) is 17.6. The summed E-state index contributed by atoms with van der Waals surface area (Å²) in [6.07, 6.45) is 6.59. The first-order chi connectivity index (χ1) is 14.5. The number of hydrogen-bond donors (Lipinski definition) is 1. The second kappa shape index (κ2) is 8.42. The maximum atomic E-state index is 13.0. The highest BCUT2D eigenvalue weighted by Gasteiger charge is 2.30. The van der Waals surface area contributed by atoms with E-state index in [4.69, 9.17) is 23.2 Å². The van der Waals surface area contributed by atoms with E-state index in [9.17, 15) is 9.59 Å². The minimum Gasteiger partial charge on any atom is -0.331 e. The van der Waals surface area contributed by atoms with Crippen molar-refractivity contribution >= 4 is 40.7 Å². The van der Waals surface area contributed by atoms with Gasteiger partial charge in [0.05, 0.1) is 21.2 Å². The lowest BCUT2D eigenvalue weighted by Crippen LogP contribution is -2.43. The van der Waals surface area contributed by atoms with Gasteiger partial charge in [0.15, 0.2) is 0 Å². The highest BCUT2D eigenvalue weighted by atomic mass is 35.5. The molecule has 3 heterocycles. The van der Waals surface area contributed by atoms with E-state index in [1.807, 2.05) is 25.1 Å². The maximum absolute atomic E-state index is 13.0. The van der Waals surface area contributed by atoms with Crippen LogP contribution in [0, 0.1) is 0 Å². The number of benzene rings is 1. The zero-order valence-electron chi connectivity index (χ0n) is 16.1.